The van der Waals surface area contributed by atoms with Crippen molar-refractivity contribution in [3.05, 3.63) is 6.33 Å². The van der Waals surface area contributed by atoms with Gasteiger partial charge in [0.1, 0.15) is 12.0 Å². The highest BCUT2D eigenvalue weighted by Gasteiger charge is 2.29. The molecule has 2 heterocycles. The molecule has 1 aromatic rings. The molecule has 128 valence electrons. The van der Waals surface area contributed by atoms with E-state index in [1.54, 1.807) is 0 Å². The van der Waals surface area contributed by atoms with Crippen LogP contribution in [0.15, 0.2) is 6.33 Å². The number of aromatic nitrogens is 2. The summed E-state index contributed by atoms with van der Waals surface area (Å²) in [5.74, 6) is 1.09. The zero-order chi connectivity index (χ0) is 16.8. The van der Waals surface area contributed by atoms with E-state index >= 15 is 0 Å². The maximum Gasteiger partial charge on any atom is 0.310 e. The number of hydrogen-bond acceptors (Lipinski definition) is 7. The number of rotatable bonds is 6. The molecule has 0 aliphatic carbocycles. The van der Waals surface area contributed by atoms with E-state index in [1.165, 1.54) is 6.33 Å². The van der Waals surface area contributed by atoms with Gasteiger partial charge in [0.2, 0.25) is 0 Å². The van der Waals surface area contributed by atoms with E-state index in [0.717, 1.165) is 25.8 Å². The van der Waals surface area contributed by atoms with Crippen LogP contribution < -0.4 is 16.0 Å². The highest BCUT2D eigenvalue weighted by molar-refractivity contribution is 5.77. The topological polar surface area (TPSA) is 93.4 Å². The number of nitrogens with zero attached hydrogens (tertiary/aromatic N) is 3. The molecule has 0 aromatic carbocycles. The summed E-state index contributed by atoms with van der Waals surface area (Å²) in [6.07, 6.45) is 4.26. The Balaban J connectivity index is 2.14. The SMILES string of the molecule is CCOC(=O)C1CCCN(c2ncnc(NC(C)CC)c2N)C1. The van der Waals surface area contributed by atoms with E-state index in [-0.39, 0.29) is 17.9 Å². The highest BCUT2D eigenvalue weighted by Crippen LogP contribution is 2.30. The number of nitrogen functional groups attached to an aromatic ring is 1. The van der Waals surface area contributed by atoms with Crippen molar-refractivity contribution in [1.29, 1.82) is 0 Å². The van der Waals surface area contributed by atoms with Crippen molar-refractivity contribution in [3.63, 3.8) is 0 Å². The Morgan fingerprint density at radius 1 is 1.52 bits per heavy atom. The number of hydrogen-bond donors (Lipinski definition) is 2. The van der Waals surface area contributed by atoms with E-state index in [0.29, 0.717) is 30.5 Å². The second-order valence-electron chi connectivity index (χ2n) is 5.95. The molecule has 3 N–H and O–H groups in total. The third-order valence-corrected chi connectivity index (χ3v) is 4.20. The largest absolute Gasteiger partial charge is 0.466 e. The number of carbonyl (C=O) groups excluding carboxylic acids is 1. The van der Waals surface area contributed by atoms with Gasteiger partial charge in [-0.15, -0.1) is 0 Å². The van der Waals surface area contributed by atoms with Crippen molar-refractivity contribution in [2.75, 3.05) is 35.6 Å². The fraction of sp³-hybridized carbons (Fsp3) is 0.688. The summed E-state index contributed by atoms with van der Waals surface area (Å²) in [6.45, 7) is 7.84. The minimum absolute atomic E-state index is 0.121. The van der Waals surface area contributed by atoms with Crippen molar-refractivity contribution in [2.45, 2.75) is 46.1 Å². The van der Waals surface area contributed by atoms with Crippen LogP contribution in [0.25, 0.3) is 0 Å². The standard InChI is InChI=1S/C16H27N5O2/c1-4-11(3)20-14-13(17)15(19-10-18-14)21-8-6-7-12(9-21)16(22)23-5-2/h10-12H,4-9,17H2,1-3H3,(H,18,19,20). The van der Waals surface area contributed by atoms with Crippen molar-refractivity contribution in [2.24, 2.45) is 5.92 Å². The van der Waals surface area contributed by atoms with Gasteiger partial charge < -0.3 is 20.7 Å². The number of nitrogens with two attached hydrogens (primary N) is 1. The molecular formula is C16H27N5O2. The van der Waals surface area contributed by atoms with Gasteiger partial charge in [0.25, 0.3) is 0 Å². The van der Waals surface area contributed by atoms with Crippen LogP contribution >= 0.6 is 0 Å². The van der Waals surface area contributed by atoms with Gasteiger partial charge in [0.05, 0.1) is 12.5 Å². The molecule has 2 rings (SSSR count). The fourth-order valence-corrected chi connectivity index (χ4v) is 2.71. The molecule has 2 atom stereocenters. The molecule has 1 aliphatic heterocycles. The summed E-state index contributed by atoms with van der Waals surface area (Å²) >= 11 is 0. The average molecular weight is 321 g/mol. The third-order valence-electron chi connectivity index (χ3n) is 4.20. The lowest BCUT2D eigenvalue weighted by Crippen LogP contribution is -2.40. The van der Waals surface area contributed by atoms with Gasteiger partial charge in [-0.1, -0.05) is 6.92 Å². The Hall–Kier alpha value is -2.05. The first-order chi connectivity index (χ1) is 11.1. The number of ether oxygens (including phenoxy) is 1. The number of esters is 1. The molecule has 1 fully saturated rings. The summed E-state index contributed by atoms with van der Waals surface area (Å²) < 4.78 is 5.14. The van der Waals surface area contributed by atoms with Crippen LogP contribution in [0.4, 0.5) is 17.3 Å². The smallest absolute Gasteiger partial charge is 0.310 e. The minimum Gasteiger partial charge on any atom is -0.466 e. The van der Waals surface area contributed by atoms with Gasteiger partial charge >= 0.3 is 5.97 Å². The lowest BCUT2D eigenvalue weighted by Gasteiger charge is -2.33. The molecule has 7 nitrogen and oxygen atoms in total. The minimum atomic E-state index is -0.136. The van der Waals surface area contributed by atoms with E-state index in [4.69, 9.17) is 10.5 Å². The third kappa shape index (κ3) is 4.24. The number of piperidine rings is 1. The molecular weight excluding hydrogens is 294 g/mol. The van der Waals surface area contributed by atoms with Crippen LogP contribution in [0.5, 0.6) is 0 Å². The predicted molar refractivity (Wildman–Crippen MR) is 91.4 cm³/mol. The first-order valence-electron chi connectivity index (χ1n) is 8.35. The van der Waals surface area contributed by atoms with Crippen LogP contribution in [0, 0.1) is 5.92 Å². The Morgan fingerprint density at radius 3 is 3.00 bits per heavy atom. The molecule has 1 aromatic heterocycles. The molecule has 1 aliphatic rings. The van der Waals surface area contributed by atoms with E-state index in [2.05, 4.69) is 34.0 Å². The first-order valence-corrected chi connectivity index (χ1v) is 8.35. The van der Waals surface area contributed by atoms with Gasteiger partial charge in [-0.05, 0) is 33.1 Å². The number of nitrogens with one attached hydrogen (secondary N) is 1. The second kappa shape index (κ2) is 7.99. The molecule has 0 spiro atoms. The quantitative estimate of drug-likeness (QED) is 0.774. The second-order valence-corrected chi connectivity index (χ2v) is 5.95. The predicted octanol–water partition coefficient (Wildman–Crippen LogP) is 2.05. The van der Waals surface area contributed by atoms with Crippen LogP contribution in [-0.2, 0) is 9.53 Å². The average Bonchev–Trinajstić information content (AvgIpc) is 2.57. The van der Waals surface area contributed by atoms with Crippen LogP contribution in [0.2, 0.25) is 0 Å². The molecule has 1 saturated heterocycles. The lowest BCUT2D eigenvalue weighted by molar-refractivity contribution is -0.148. The molecule has 0 saturated carbocycles. The summed E-state index contributed by atoms with van der Waals surface area (Å²) in [6, 6.07) is 0.286. The Labute approximate surface area is 137 Å². The molecule has 0 bridgehead atoms. The summed E-state index contributed by atoms with van der Waals surface area (Å²) in [5.41, 5.74) is 6.79. The zero-order valence-electron chi connectivity index (χ0n) is 14.2. The molecule has 23 heavy (non-hydrogen) atoms. The van der Waals surface area contributed by atoms with Crippen molar-refractivity contribution < 1.29 is 9.53 Å². The van der Waals surface area contributed by atoms with Crippen LogP contribution in [0.3, 0.4) is 0 Å². The van der Waals surface area contributed by atoms with E-state index in [9.17, 15) is 4.79 Å². The Morgan fingerprint density at radius 2 is 2.30 bits per heavy atom. The normalized spacial score (nSPS) is 19.3. The maximum atomic E-state index is 12.0. The van der Waals surface area contributed by atoms with Gasteiger partial charge in [0, 0.05) is 19.1 Å². The van der Waals surface area contributed by atoms with Crippen LogP contribution in [-0.4, -0.2) is 41.7 Å². The number of carbonyl (C=O) groups is 1. The fourth-order valence-electron chi connectivity index (χ4n) is 2.71. The van der Waals surface area contributed by atoms with Crippen molar-refractivity contribution >= 4 is 23.3 Å². The monoisotopic (exact) mass is 321 g/mol. The lowest BCUT2D eigenvalue weighted by atomic mass is 9.98. The summed E-state index contributed by atoms with van der Waals surface area (Å²) in [4.78, 5) is 22.6. The summed E-state index contributed by atoms with van der Waals surface area (Å²) in [5, 5.41) is 3.30. The van der Waals surface area contributed by atoms with Crippen molar-refractivity contribution in [1.82, 2.24) is 9.97 Å². The number of anilines is 3. The van der Waals surface area contributed by atoms with Gasteiger partial charge in [-0.3, -0.25) is 4.79 Å². The molecule has 0 amide bonds. The maximum absolute atomic E-state index is 12.0. The highest BCUT2D eigenvalue weighted by atomic mass is 16.5. The summed E-state index contributed by atoms with van der Waals surface area (Å²) in [7, 11) is 0. The zero-order valence-corrected chi connectivity index (χ0v) is 14.2. The Kier molecular flexibility index (Phi) is 6.01. The van der Waals surface area contributed by atoms with E-state index < -0.39 is 0 Å². The van der Waals surface area contributed by atoms with Crippen molar-refractivity contribution in [3.8, 4) is 0 Å². The van der Waals surface area contributed by atoms with Gasteiger partial charge in [-0.2, -0.15) is 0 Å². The van der Waals surface area contributed by atoms with E-state index in [1.807, 2.05) is 6.92 Å². The Bertz CT molecular complexity index is 537. The van der Waals surface area contributed by atoms with Gasteiger partial charge in [0.15, 0.2) is 11.6 Å². The first kappa shape index (κ1) is 17.3. The van der Waals surface area contributed by atoms with Gasteiger partial charge in [-0.25, -0.2) is 9.97 Å². The molecule has 7 heteroatoms. The molecule has 0 radical (unpaired) electrons. The van der Waals surface area contributed by atoms with Crippen LogP contribution in [0.1, 0.15) is 40.0 Å². The molecule has 2 unspecified atom stereocenters.